The molecule has 0 aliphatic heterocycles. The largest absolute Gasteiger partial charge is 0.508 e. The second kappa shape index (κ2) is 5.94. The van der Waals surface area contributed by atoms with Gasteiger partial charge in [0.05, 0.1) is 8.95 Å². The third-order valence-corrected chi connectivity index (χ3v) is 5.99. The third kappa shape index (κ3) is 3.10. The van der Waals surface area contributed by atoms with Gasteiger partial charge in [0.1, 0.15) is 11.5 Å². The summed E-state index contributed by atoms with van der Waals surface area (Å²) in [6.07, 6.45) is 0. The molecular formula is C12H6Br4O2. The van der Waals surface area contributed by atoms with Crippen LogP contribution in [0.15, 0.2) is 48.2 Å². The average Bonchev–Trinajstić information content (AvgIpc) is 2.34. The van der Waals surface area contributed by atoms with E-state index in [1.54, 1.807) is 24.3 Å². The first-order valence-corrected chi connectivity index (χ1v) is 7.96. The second-order valence-electron chi connectivity index (χ2n) is 3.39. The van der Waals surface area contributed by atoms with Crippen LogP contribution in [0.4, 0.5) is 0 Å². The fraction of sp³-hybridized carbons (Fsp3) is 0. The monoisotopic (exact) mass is 498 g/mol. The second-order valence-corrected chi connectivity index (χ2v) is 6.69. The summed E-state index contributed by atoms with van der Waals surface area (Å²) in [7, 11) is 0. The van der Waals surface area contributed by atoms with E-state index < -0.39 is 0 Å². The molecule has 0 unspecified atom stereocenters. The molecule has 0 radical (unpaired) electrons. The van der Waals surface area contributed by atoms with Gasteiger partial charge in [-0.1, -0.05) is 0 Å². The molecule has 18 heavy (non-hydrogen) atoms. The molecule has 0 saturated heterocycles. The highest BCUT2D eigenvalue weighted by Crippen LogP contribution is 2.44. The quantitative estimate of drug-likeness (QED) is 0.390. The summed E-state index contributed by atoms with van der Waals surface area (Å²) < 4.78 is 9.19. The van der Waals surface area contributed by atoms with Gasteiger partial charge in [-0.15, -0.1) is 0 Å². The zero-order valence-corrected chi connectivity index (χ0v) is 15.1. The van der Waals surface area contributed by atoms with Crippen LogP contribution in [0.2, 0.25) is 0 Å². The van der Waals surface area contributed by atoms with E-state index in [2.05, 4.69) is 63.7 Å². The van der Waals surface area contributed by atoms with Crippen molar-refractivity contribution in [2.75, 3.05) is 0 Å². The molecule has 0 bridgehead atoms. The van der Waals surface area contributed by atoms with E-state index in [0.29, 0.717) is 11.5 Å². The van der Waals surface area contributed by atoms with Crippen LogP contribution in [0, 0.1) is 0 Å². The number of ether oxygens (including phenoxy) is 1. The predicted octanol–water partition coefficient (Wildman–Crippen LogP) is 6.23. The Balaban J connectivity index is 2.40. The van der Waals surface area contributed by atoms with Crippen molar-refractivity contribution in [1.82, 2.24) is 0 Å². The zero-order valence-electron chi connectivity index (χ0n) is 8.75. The van der Waals surface area contributed by atoms with Crippen LogP contribution in [-0.2, 0) is 0 Å². The lowest BCUT2D eigenvalue weighted by Crippen LogP contribution is -1.88. The molecule has 0 amide bonds. The van der Waals surface area contributed by atoms with E-state index in [1.165, 1.54) is 0 Å². The molecule has 2 nitrogen and oxygen atoms in total. The summed E-state index contributed by atoms with van der Waals surface area (Å²) >= 11 is 13.8. The van der Waals surface area contributed by atoms with E-state index >= 15 is 0 Å². The van der Waals surface area contributed by atoms with Crippen molar-refractivity contribution in [1.29, 1.82) is 0 Å². The van der Waals surface area contributed by atoms with Crippen molar-refractivity contribution < 1.29 is 9.84 Å². The molecule has 0 heterocycles. The Morgan fingerprint density at radius 3 is 2.06 bits per heavy atom. The molecule has 1 N–H and O–H groups in total. The van der Waals surface area contributed by atoms with Crippen molar-refractivity contribution in [3.63, 3.8) is 0 Å². The van der Waals surface area contributed by atoms with Crippen LogP contribution >= 0.6 is 63.7 Å². The first-order chi connectivity index (χ1) is 8.49. The summed E-state index contributed by atoms with van der Waals surface area (Å²) in [5, 5.41) is 9.22. The van der Waals surface area contributed by atoms with Gasteiger partial charge in [0.15, 0.2) is 5.75 Å². The lowest BCUT2D eigenvalue weighted by molar-refractivity contribution is 0.461. The van der Waals surface area contributed by atoms with E-state index in [4.69, 9.17) is 4.74 Å². The minimum atomic E-state index is 0.206. The van der Waals surface area contributed by atoms with Gasteiger partial charge >= 0.3 is 0 Å². The fourth-order valence-electron chi connectivity index (χ4n) is 1.28. The zero-order chi connectivity index (χ0) is 13.3. The molecule has 0 aliphatic rings. The van der Waals surface area contributed by atoms with Crippen LogP contribution in [0.3, 0.4) is 0 Å². The molecule has 0 atom stereocenters. The number of aromatic hydroxyl groups is 1. The first kappa shape index (κ1) is 14.4. The lowest BCUT2D eigenvalue weighted by atomic mass is 10.3. The smallest absolute Gasteiger partial charge is 0.156 e. The number of phenols is 1. The van der Waals surface area contributed by atoms with Gasteiger partial charge in [-0.05, 0) is 94.1 Å². The van der Waals surface area contributed by atoms with Gasteiger partial charge in [0.2, 0.25) is 0 Å². The SMILES string of the molecule is Oc1ccc(Oc2c(Br)cc(Br)c(Br)c2Br)cc1. The molecule has 6 heteroatoms. The molecule has 0 aromatic heterocycles. The number of benzene rings is 2. The van der Waals surface area contributed by atoms with E-state index in [0.717, 1.165) is 17.9 Å². The van der Waals surface area contributed by atoms with Crippen LogP contribution in [0.1, 0.15) is 0 Å². The highest BCUT2D eigenvalue weighted by Gasteiger charge is 2.14. The third-order valence-electron chi connectivity index (χ3n) is 2.13. The maximum Gasteiger partial charge on any atom is 0.156 e. The van der Waals surface area contributed by atoms with Gasteiger partial charge in [0.25, 0.3) is 0 Å². The van der Waals surface area contributed by atoms with Gasteiger partial charge in [-0.3, -0.25) is 0 Å². The Kier molecular flexibility index (Phi) is 4.75. The fourth-order valence-corrected chi connectivity index (χ4v) is 3.85. The van der Waals surface area contributed by atoms with Gasteiger partial charge in [-0.25, -0.2) is 0 Å². The minimum Gasteiger partial charge on any atom is -0.508 e. The van der Waals surface area contributed by atoms with E-state index in [9.17, 15) is 5.11 Å². The summed E-state index contributed by atoms with van der Waals surface area (Å²) in [4.78, 5) is 0. The van der Waals surface area contributed by atoms with E-state index in [-0.39, 0.29) is 5.75 Å². The molecule has 0 saturated carbocycles. The maximum absolute atomic E-state index is 9.22. The van der Waals surface area contributed by atoms with Gasteiger partial charge in [-0.2, -0.15) is 0 Å². The number of phenolic OH excluding ortho intramolecular Hbond substituents is 1. The van der Waals surface area contributed by atoms with E-state index in [1.807, 2.05) is 6.07 Å². The van der Waals surface area contributed by atoms with Crippen LogP contribution in [0.25, 0.3) is 0 Å². The minimum absolute atomic E-state index is 0.206. The Morgan fingerprint density at radius 1 is 0.833 bits per heavy atom. The lowest BCUT2D eigenvalue weighted by Gasteiger charge is -2.12. The Bertz CT molecular complexity index is 582. The average molecular weight is 502 g/mol. The Morgan fingerprint density at radius 2 is 1.44 bits per heavy atom. The highest BCUT2D eigenvalue weighted by molar-refractivity contribution is 9.14. The molecule has 2 rings (SSSR count). The molecule has 0 fully saturated rings. The van der Waals surface area contributed by atoms with Crippen molar-refractivity contribution in [3.05, 3.63) is 48.2 Å². The molecule has 2 aromatic rings. The predicted molar refractivity (Wildman–Crippen MR) is 85.4 cm³/mol. The van der Waals surface area contributed by atoms with Gasteiger partial charge in [0, 0.05) is 8.95 Å². The van der Waals surface area contributed by atoms with Gasteiger partial charge < -0.3 is 9.84 Å². The summed E-state index contributed by atoms with van der Waals surface area (Å²) in [5.41, 5.74) is 0. The molecule has 0 spiro atoms. The number of hydrogen-bond acceptors (Lipinski definition) is 2. The molecule has 2 aromatic carbocycles. The summed E-state index contributed by atoms with van der Waals surface area (Å²) in [6, 6.07) is 8.44. The Labute approximate surface area is 138 Å². The maximum atomic E-state index is 9.22. The van der Waals surface area contributed by atoms with Crippen LogP contribution in [0.5, 0.6) is 17.2 Å². The van der Waals surface area contributed by atoms with Crippen molar-refractivity contribution in [2.24, 2.45) is 0 Å². The summed E-state index contributed by atoms with van der Waals surface area (Å²) in [5.74, 6) is 1.51. The standard InChI is InChI=1S/C12H6Br4O2/c13-8-5-9(14)12(11(16)10(8)15)18-7-3-1-6(17)2-4-7/h1-5,17H. The highest BCUT2D eigenvalue weighted by atomic mass is 79.9. The van der Waals surface area contributed by atoms with Crippen LogP contribution in [-0.4, -0.2) is 5.11 Å². The number of hydrogen-bond donors (Lipinski definition) is 1. The molecule has 94 valence electrons. The number of rotatable bonds is 2. The van der Waals surface area contributed by atoms with Crippen molar-refractivity contribution >= 4 is 63.7 Å². The van der Waals surface area contributed by atoms with Crippen molar-refractivity contribution in [2.45, 2.75) is 0 Å². The van der Waals surface area contributed by atoms with Crippen LogP contribution < -0.4 is 4.74 Å². The molecule has 0 aliphatic carbocycles. The Hall–Kier alpha value is -0.0400. The molecular weight excluding hydrogens is 496 g/mol. The topological polar surface area (TPSA) is 29.5 Å². The number of halogens is 4. The first-order valence-electron chi connectivity index (χ1n) is 4.79. The normalized spacial score (nSPS) is 10.4. The summed E-state index contributed by atoms with van der Waals surface area (Å²) in [6.45, 7) is 0. The van der Waals surface area contributed by atoms with Crippen molar-refractivity contribution in [3.8, 4) is 17.2 Å².